The number of carbonyl (C=O) groups excluding carboxylic acids is 2. The van der Waals surface area contributed by atoms with Crippen molar-refractivity contribution < 1.29 is 18.0 Å². The van der Waals surface area contributed by atoms with Gasteiger partial charge in [0.15, 0.2) is 0 Å². The molecule has 3 aromatic carbocycles. The number of hydrogen-bond donors (Lipinski definition) is 1. The maximum Gasteiger partial charge on any atom is 0.264 e. The summed E-state index contributed by atoms with van der Waals surface area (Å²) in [6.07, 6.45) is 0. The van der Waals surface area contributed by atoms with E-state index in [1.807, 2.05) is 44.2 Å². The predicted molar refractivity (Wildman–Crippen MR) is 142 cm³/mol. The summed E-state index contributed by atoms with van der Waals surface area (Å²) < 4.78 is 28.7. The molecule has 0 aromatic heterocycles. The third-order valence-corrected chi connectivity index (χ3v) is 7.93. The summed E-state index contributed by atoms with van der Waals surface area (Å²) in [7, 11) is -2.56. The molecule has 0 aliphatic rings. The van der Waals surface area contributed by atoms with Gasteiger partial charge in [0.05, 0.1) is 10.6 Å². The molecule has 3 aromatic rings. The van der Waals surface area contributed by atoms with Crippen molar-refractivity contribution in [2.45, 2.75) is 45.2 Å². The number of nitrogens with zero attached hydrogens (tertiary/aromatic N) is 2. The Kier molecular flexibility index (Phi) is 8.53. The van der Waals surface area contributed by atoms with Gasteiger partial charge < -0.3 is 10.2 Å². The number of benzene rings is 3. The number of aryl methyl sites for hydroxylation is 3. The molecule has 0 aliphatic heterocycles. The zero-order chi connectivity index (χ0) is 26.5. The Morgan fingerprint density at radius 1 is 0.861 bits per heavy atom. The molecule has 2 amide bonds. The molecular weight excluding hydrogens is 474 g/mol. The van der Waals surface area contributed by atoms with Crippen LogP contribution >= 0.6 is 0 Å². The van der Waals surface area contributed by atoms with Crippen molar-refractivity contribution in [3.63, 3.8) is 0 Å². The van der Waals surface area contributed by atoms with Crippen molar-refractivity contribution in [1.82, 2.24) is 10.2 Å². The van der Waals surface area contributed by atoms with Crippen LogP contribution in [0, 0.1) is 20.8 Å². The highest BCUT2D eigenvalue weighted by Gasteiger charge is 2.32. The van der Waals surface area contributed by atoms with Crippen LogP contribution in [0.15, 0.2) is 77.7 Å². The zero-order valence-electron chi connectivity index (χ0n) is 21.4. The Morgan fingerprint density at radius 3 is 1.97 bits per heavy atom. The number of likely N-dealkylation sites (N-methyl/N-ethyl adjacent to an activating group) is 1. The smallest absolute Gasteiger partial charge is 0.264 e. The average Bonchev–Trinajstić information content (AvgIpc) is 2.86. The first-order valence-corrected chi connectivity index (χ1v) is 13.2. The summed E-state index contributed by atoms with van der Waals surface area (Å²) in [6.45, 7) is 7.00. The molecule has 1 atom stereocenters. The normalized spacial score (nSPS) is 12.0. The lowest BCUT2D eigenvalue weighted by Crippen LogP contribution is -2.50. The summed E-state index contributed by atoms with van der Waals surface area (Å²) in [6, 6.07) is 20.4. The first-order valence-electron chi connectivity index (χ1n) is 11.8. The van der Waals surface area contributed by atoms with Crippen LogP contribution in [0.25, 0.3) is 0 Å². The van der Waals surface area contributed by atoms with Gasteiger partial charge in [-0.05, 0) is 57.0 Å². The van der Waals surface area contributed by atoms with Crippen molar-refractivity contribution in [3.05, 3.63) is 95.1 Å². The van der Waals surface area contributed by atoms with Gasteiger partial charge in [0.25, 0.3) is 10.0 Å². The Balaban J connectivity index is 2.04. The summed E-state index contributed by atoms with van der Waals surface area (Å²) >= 11 is 0. The van der Waals surface area contributed by atoms with E-state index >= 15 is 0 Å². The van der Waals surface area contributed by atoms with Gasteiger partial charge in [0.1, 0.15) is 12.6 Å². The monoisotopic (exact) mass is 507 g/mol. The Hall–Kier alpha value is -3.65. The third kappa shape index (κ3) is 6.12. The second-order valence-electron chi connectivity index (χ2n) is 8.91. The van der Waals surface area contributed by atoms with Crippen molar-refractivity contribution in [2.24, 2.45) is 0 Å². The molecule has 0 heterocycles. The zero-order valence-corrected chi connectivity index (χ0v) is 22.2. The van der Waals surface area contributed by atoms with Crippen LogP contribution in [0.3, 0.4) is 0 Å². The highest BCUT2D eigenvalue weighted by molar-refractivity contribution is 7.92. The molecule has 0 fully saturated rings. The maximum absolute atomic E-state index is 13.8. The van der Waals surface area contributed by atoms with E-state index in [0.717, 1.165) is 21.0 Å². The molecular formula is C28H33N3O4S. The highest BCUT2D eigenvalue weighted by Crippen LogP contribution is 2.27. The maximum atomic E-state index is 13.8. The van der Waals surface area contributed by atoms with Crippen molar-refractivity contribution in [3.8, 4) is 0 Å². The van der Waals surface area contributed by atoms with E-state index in [4.69, 9.17) is 0 Å². The number of nitrogens with one attached hydrogen (secondary N) is 1. The Labute approximate surface area is 213 Å². The van der Waals surface area contributed by atoms with Crippen LogP contribution in [0.4, 0.5) is 5.69 Å². The van der Waals surface area contributed by atoms with E-state index < -0.39 is 28.5 Å². The predicted octanol–water partition coefficient (Wildman–Crippen LogP) is 3.97. The fourth-order valence-corrected chi connectivity index (χ4v) is 5.35. The molecule has 3 rings (SSSR count). The molecule has 0 aliphatic carbocycles. The van der Waals surface area contributed by atoms with E-state index in [0.29, 0.717) is 11.3 Å². The lowest BCUT2D eigenvalue weighted by Gasteiger charge is -2.32. The number of anilines is 1. The molecule has 0 spiro atoms. The van der Waals surface area contributed by atoms with Crippen molar-refractivity contribution in [2.75, 3.05) is 17.9 Å². The Bertz CT molecular complexity index is 1320. The van der Waals surface area contributed by atoms with E-state index in [1.54, 1.807) is 44.2 Å². The standard InChI is InChI=1S/C28H33N3O4S/c1-20-10-14-24(15-11-20)18-30(23(4)28(33)29-5)27(32)19-31(26-9-7-6-8-22(26)3)36(34,35)25-16-12-21(2)13-17-25/h6-17,23H,18-19H2,1-5H3,(H,29,33)/t23-/m1/s1. The first kappa shape index (κ1) is 26.9. The minimum atomic E-state index is -4.07. The largest absolute Gasteiger partial charge is 0.357 e. The van der Waals surface area contributed by atoms with Crippen molar-refractivity contribution >= 4 is 27.5 Å². The van der Waals surface area contributed by atoms with Gasteiger partial charge >= 0.3 is 0 Å². The van der Waals surface area contributed by atoms with Gasteiger partial charge in [0, 0.05) is 13.6 Å². The molecule has 0 radical (unpaired) electrons. The minimum Gasteiger partial charge on any atom is -0.357 e. The molecule has 0 unspecified atom stereocenters. The topological polar surface area (TPSA) is 86.8 Å². The number of rotatable bonds is 9. The van der Waals surface area contributed by atoms with Gasteiger partial charge in [0.2, 0.25) is 11.8 Å². The fourth-order valence-electron chi connectivity index (χ4n) is 3.88. The molecule has 0 saturated heterocycles. The molecule has 36 heavy (non-hydrogen) atoms. The van der Waals surface area contributed by atoms with Crippen LogP contribution in [0.5, 0.6) is 0 Å². The van der Waals surface area contributed by atoms with Gasteiger partial charge in [-0.2, -0.15) is 0 Å². The number of sulfonamides is 1. The van der Waals surface area contributed by atoms with Gasteiger partial charge in [-0.25, -0.2) is 8.42 Å². The van der Waals surface area contributed by atoms with Crippen LogP contribution in [-0.2, 0) is 26.2 Å². The third-order valence-electron chi connectivity index (χ3n) is 6.16. The Morgan fingerprint density at radius 2 is 1.42 bits per heavy atom. The van der Waals surface area contributed by atoms with Crippen LogP contribution in [-0.4, -0.2) is 44.8 Å². The van der Waals surface area contributed by atoms with E-state index in [1.165, 1.54) is 24.1 Å². The minimum absolute atomic E-state index is 0.0913. The number of carbonyl (C=O) groups is 2. The summed E-state index contributed by atoms with van der Waals surface area (Å²) in [5.74, 6) is -0.815. The summed E-state index contributed by atoms with van der Waals surface area (Å²) in [5, 5.41) is 2.59. The average molecular weight is 508 g/mol. The second kappa shape index (κ2) is 11.4. The molecule has 0 bridgehead atoms. The molecule has 190 valence electrons. The second-order valence-corrected chi connectivity index (χ2v) is 10.8. The van der Waals surface area contributed by atoms with E-state index in [-0.39, 0.29) is 17.3 Å². The summed E-state index contributed by atoms with van der Waals surface area (Å²) in [5.41, 5.74) is 3.97. The lowest BCUT2D eigenvalue weighted by atomic mass is 10.1. The van der Waals surface area contributed by atoms with E-state index in [9.17, 15) is 18.0 Å². The SMILES string of the molecule is CNC(=O)[C@@H](C)N(Cc1ccc(C)cc1)C(=O)CN(c1ccccc1C)S(=O)(=O)c1ccc(C)cc1. The van der Waals surface area contributed by atoms with Crippen LogP contribution < -0.4 is 9.62 Å². The number of amides is 2. The van der Waals surface area contributed by atoms with Gasteiger partial charge in [-0.15, -0.1) is 0 Å². The molecule has 7 nitrogen and oxygen atoms in total. The number of hydrogen-bond acceptors (Lipinski definition) is 4. The van der Waals surface area contributed by atoms with Gasteiger partial charge in [-0.3, -0.25) is 13.9 Å². The number of para-hydroxylation sites is 1. The van der Waals surface area contributed by atoms with E-state index in [2.05, 4.69) is 5.32 Å². The quantitative estimate of drug-likeness (QED) is 0.475. The van der Waals surface area contributed by atoms with Crippen molar-refractivity contribution in [1.29, 1.82) is 0 Å². The fraction of sp³-hybridized carbons (Fsp3) is 0.286. The molecule has 8 heteroatoms. The van der Waals surface area contributed by atoms with Crippen LogP contribution in [0.2, 0.25) is 0 Å². The molecule has 1 N–H and O–H groups in total. The summed E-state index contributed by atoms with van der Waals surface area (Å²) in [4.78, 5) is 27.8. The molecule has 0 saturated carbocycles. The van der Waals surface area contributed by atoms with Crippen LogP contribution in [0.1, 0.15) is 29.2 Å². The first-order chi connectivity index (χ1) is 17.0. The lowest BCUT2D eigenvalue weighted by molar-refractivity contribution is -0.139. The highest BCUT2D eigenvalue weighted by atomic mass is 32.2. The van der Waals surface area contributed by atoms with Gasteiger partial charge in [-0.1, -0.05) is 65.7 Å².